The summed E-state index contributed by atoms with van der Waals surface area (Å²) < 4.78 is 56.0. The first-order valence-corrected chi connectivity index (χ1v) is 8.36. The molecule has 0 aliphatic carbocycles. The maximum atomic E-state index is 14.5. The molecule has 0 aliphatic heterocycles. The molecular weight excluding hydrogens is 368 g/mol. The Hall–Kier alpha value is -3.54. The number of nitrogens with zero attached hydrogens (tertiary/aromatic N) is 2. The van der Waals surface area contributed by atoms with Gasteiger partial charge in [0.25, 0.3) is 0 Å². The molecule has 6 heteroatoms. The third kappa shape index (κ3) is 3.36. The molecule has 2 aromatic heterocycles. The standard InChI is InChI=1S/C22H12F4N2/c23-13-7-8-14(17(24)10-13)21-5-3-6-22(28-21)16-11-15(18(25)12-19(16)26)20-4-1-2-9-27-20/h1-12H. The molecule has 138 valence electrons. The highest BCUT2D eigenvalue weighted by atomic mass is 19.1. The van der Waals surface area contributed by atoms with E-state index in [0.717, 1.165) is 18.2 Å². The molecule has 0 spiro atoms. The fraction of sp³-hybridized carbons (Fsp3) is 0. The van der Waals surface area contributed by atoms with E-state index < -0.39 is 23.3 Å². The van der Waals surface area contributed by atoms with Crippen LogP contribution in [-0.4, -0.2) is 9.97 Å². The van der Waals surface area contributed by atoms with Crippen molar-refractivity contribution in [2.24, 2.45) is 0 Å². The Kier molecular flexibility index (Phi) is 4.61. The smallest absolute Gasteiger partial charge is 0.135 e. The van der Waals surface area contributed by atoms with Gasteiger partial charge in [0.2, 0.25) is 0 Å². The second kappa shape index (κ2) is 7.23. The Bertz CT molecular complexity index is 1160. The van der Waals surface area contributed by atoms with Crippen molar-refractivity contribution in [1.82, 2.24) is 9.97 Å². The fourth-order valence-corrected chi connectivity index (χ4v) is 2.90. The van der Waals surface area contributed by atoms with Crippen LogP contribution in [0.5, 0.6) is 0 Å². The summed E-state index contributed by atoms with van der Waals surface area (Å²) in [4.78, 5) is 8.38. The Morgan fingerprint density at radius 2 is 1.18 bits per heavy atom. The van der Waals surface area contributed by atoms with E-state index >= 15 is 0 Å². The number of aromatic nitrogens is 2. The predicted octanol–water partition coefficient (Wildman–Crippen LogP) is 6.03. The number of hydrogen-bond donors (Lipinski definition) is 0. The van der Waals surface area contributed by atoms with E-state index in [9.17, 15) is 17.6 Å². The van der Waals surface area contributed by atoms with Crippen molar-refractivity contribution < 1.29 is 17.6 Å². The topological polar surface area (TPSA) is 25.8 Å². The fourth-order valence-electron chi connectivity index (χ4n) is 2.90. The van der Waals surface area contributed by atoms with Gasteiger partial charge in [0, 0.05) is 35.0 Å². The zero-order valence-electron chi connectivity index (χ0n) is 14.3. The van der Waals surface area contributed by atoms with E-state index in [0.29, 0.717) is 5.69 Å². The van der Waals surface area contributed by atoms with Gasteiger partial charge < -0.3 is 0 Å². The van der Waals surface area contributed by atoms with Crippen LogP contribution in [0.25, 0.3) is 33.8 Å². The molecule has 0 radical (unpaired) electrons. The summed E-state index contributed by atoms with van der Waals surface area (Å²) in [5.74, 6) is -3.04. The highest BCUT2D eigenvalue weighted by Crippen LogP contribution is 2.31. The molecule has 0 saturated heterocycles. The van der Waals surface area contributed by atoms with Crippen LogP contribution in [0.3, 0.4) is 0 Å². The number of hydrogen-bond acceptors (Lipinski definition) is 2. The SMILES string of the molecule is Fc1ccc(-c2cccc(-c3cc(-c4ccccn4)c(F)cc3F)n2)c(F)c1. The van der Waals surface area contributed by atoms with Crippen molar-refractivity contribution in [2.45, 2.75) is 0 Å². The van der Waals surface area contributed by atoms with Crippen LogP contribution in [0.2, 0.25) is 0 Å². The lowest BCUT2D eigenvalue weighted by molar-refractivity contribution is 0.585. The second-order valence-electron chi connectivity index (χ2n) is 6.06. The van der Waals surface area contributed by atoms with Gasteiger partial charge in [0.1, 0.15) is 23.3 Å². The average molecular weight is 380 g/mol. The molecule has 2 nitrogen and oxygen atoms in total. The van der Waals surface area contributed by atoms with Gasteiger partial charge in [-0.05, 0) is 42.5 Å². The minimum Gasteiger partial charge on any atom is -0.256 e. The Morgan fingerprint density at radius 3 is 1.86 bits per heavy atom. The monoisotopic (exact) mass is 380 g/mol. The predicted molar refractivity (Wildman–Crippen MR) is 98.2 cm³/mol. The van der Waals surface area contributed by atoms with Crippen molar-refractivity contribution >= 4 is 0 Å². The Labute approximate surface area is 158 Å². The summed E-state index contributed by atoms with van der Waals surface area (Å²) in [6.07, 6.45) is 1.51. The van der Waals surface area contributed by atoms with Crippen LogP contribution < -0.4 is 0 Å². The average Bonchev–Trinajstić information content (AvgIpc) is 2.69. The summed E-state index contributed by atoms with van der Waals surface area (Å²) in [6, 6.07) is 14.8. The van der Waals surface area contributed by atoms with Gasteiger partial charge in [-0.2, -0.15) is 0 Å². The van der Waals surface area contributed by atoms with E-state index in [1.165, 1.54) is 30.5 Å². The number of pyridine rings is 2. The Balaban J connectivity index is 1.84. The maximum Gasteiger partial charge on any atom is 0.135 e. The number of rotatable bonds is 3. The lowest BCUT2D eigenvalue weighted by atomic mass is 10.0. The normalized spacial score (nSPS) is 10.9. The van der Waals surface area contributed by atoms with Gasteiger partial charge in [0.15, 0.2) is 0 Å². The minimum absolute atomic E-state index is 0.0476. The third-order valence-corrected chi connectivity index (χ3v) is 4.23. The first kappa shape index (κ1) is 17.9. The van der Waals surface area contributed by atoms with Crippen molar-refractivity contribution in [3.63, 3.8) is 0 Å². The molecule has 4 aromatic rings. The lowest BCUT2D eigenvalue weighted by Crippen LogP contribution is -1.96. The van der Waals surface area contributed by atoms with Gasteiger partial charge >= 0.3 is 0 Å². The van der Waals surface area contributed by atoms with E-state index in [2.05, 4.69) is 9.97 Å². The van der Waals surface area contributed by atoms with Gasteiger partial charge in [-0.3, -0.25) is 4.98 Å². The summed E-state index contributed by atoms with van der Waals surface area (Å²) in [6.45, 7) is 0. The van der Waals surface area contributed by atoms with Crippen molar-refractivity contribution in [3.05, 3.63) is 96.2 Å². The van der Waals surface area contributed by atoms with Crippen LogP contribution in [0.1, 0.15) is 0 Å². The van der Waals surface area contributed by atoms with E-state index in [-0.39, 0.29) is 28.1 Å². The molecule has 4 rings (SSSR count). The molecule has 0 N–H and O–H groups in total. The summed E-state index contributed by atoms with van der Waals surface area (Å²) in [5, 5.41) is 0. The van der Waals surface area contributed by atoms with Gasteiger partial charge in [0.05, 0.1) is 17.1 Å². The van der Waals surface area contributed by atoms with Crippen molar-refractivity contribution in [3.8, 4) is 33.8 Å². The summed E-state index contributed by atoms with van der Waals surface area (Å²) >= 11 is 0. The zero-order chi connectivity index (χ0) is 19.7. The van der Waals surface area contributed by atoms with Crippen LogP contribution in [0, 0.1) is 23.3 Å². The molecule has 0 fully saturated rings. The molecule has 0 atom stereocenters. The highest BCUT2D eigenvalue weighted by Gasteiger charge is 2.16. The largest absolute Gasteiger partial charge is 0.256 e. The zero-order valence-corrected chi connectivity index (χ0v) is 14.3. The highest BCUT2D eigenvalue weighted by molar-refractivity contribution is 5.72. The number of benzene rings is 2. The molecule has 2 aromatic carbocycles. The van der Waals surface area contributed by atoms with E-state index in [4.69, 9.17) is 0 Å². The Morgan fingerprint density at radius 1 is 0.536 bits per heavy atom. The van der Waals surface area contributed by atoms with E-state index in [1.807, 2.05) is 0 Å². The van der Waals surface area contributed by atoms with Gasteiger partial charge in [-0.1, -0.05) is 12.1 Å². The van der Waals surface area contributed by atoms with Crippen molar-refractivity contribution in [1.29, 1.82) is 0 Å². The summed E-state index contributed by atoms with van der Waals surface area (Å²) in [7, 11) is 0. The first-order chi connectivity index (χ1) is 13.5. The lowest BCUT2D eigenvalue weighted by Gasteiger charge is -2.10. The van der Waals surface area contributed by atoms with Crippen LogP contribution >= 0.6 is 0 Å². The molecule has 0 amide bonds. The third-order valence-electron chi connectivity index (χ3n) is 4.23. The van der Waals surface area contributed by atoms with Crippen molar-refractivity contribution in [2.75, 3.05) is 0 Å². The molecule has 0 aliphatic rings. The molecular formula is C22H12F4N2. The van der Waals surface area contributed by atoms with Crippen LogP contribution in [0.15, 0.2) is 72.9 Å². The van der Waals surface area contributed by atoms with E-state index in [1.54, 1.807) is 24.3 Å². The van der Waals surface area contributed by atoms with Gasteiger partial charge in [-0.25, -0.2) is 22.5 Å². The molecule has 0 unspecified atom stereocenters. The molecule has 2 heterocycles. The molecule has 0 saturated carbocycles. The maximum absolute atomic E-state index is 14.5. The second-order valence-corrected chi connectivity index (χ2v) is 6.06. The molecule has 0 bridgehead atoms. The quantitative estimate of drug-likeness (QED) is 0.405. The van der Waals surface area contributed by atoms with Gasteiger partial charge in [-0.15, -0.1) is 0 Å². The van der Waals surface area contributed by atoms with Crippen LogP contribution in [-0.2, 0) is 0 Å². The molecule has 28 heavy (non-hydrogen) atoms. The first-order valence-electron chi connectivity index (χ1n) is 8.36. The summed E-state index contributed by atoms with van der Waals surface area (Å²) in [5.41, 5.74) is 0.996. The minimum atomic E-state index is -0.804. The number of halogens is 4. The van der Waals surface area contributed by atoms with Crippen LogP contribution in [0.4, 0.5) is 17.6 Å².